The number of aromatic amines is 1. The highest BCUT2D eigenvalue weighted by Gasteiger charge is 2.07. The molecule has 1 heterocycles. The summed E-state index contributed by atoms with van der Waals surface area (Å²) in [5.74, 6) is 0. The molecule has 6 heteroatoms. The first-order valence-electron chi connectivity index (χ1n) is 6.15. The van der Waals surface area contributed by atoms with Crippen molar-refractivity contribution in [2.45, 2.75) is 0 Å². The van der Waals surface area contributed by atoms with Crippen LogP contribution in [0.15, 0.2) is 36.5 Å². The first-order valence-corrected chi connectivity index (χ1v) is 6.15. The van der Waals surface area contributed by atoms with Crippen molar-refractivity contribution in [2.75, 3.05) is 11.1 Å². The molecular weight excluding hydrogens is 264 g/mol. The number of nitrogens with two attached hydrogens (primary N) is 1. The Hall–Kier alpha value is -3.51. The summed E-state index contributed by atoms with van der Waals surface area (Å²) < 4.78 is 0. The van der Waals surface area contributed by atoms with E-state index in [2.05, 4.69) is 15.5 Å². The molecule has 0 saturated heterocycles. The summed E-state index contributed by atoms with van der Waals surface area (Å²) in [4.78, 5) is 0. The molecule has 0 spiro atoms. The number of nitriles is 2. The molecule has 0 atom stereocenters. The van der Waals surface area contributed by atoms with Gasteiger partial charge in [-0.3, -0.25) is 5.10 Å². The van der Waals surface area contributed by atoms with Crippen molar-refractivity contribution >= 4 is 28.0 Å². The van der Waals surface area contributed by atoms with Gasteiger partial charge in [-0.1, -0.05) is 0 Å². The first kappa shape index (κ1) is 12.5. The molecule has 3 rings (SSSR count). The van der Waals surface area contributed by atoms with Crippen molar-refractivity contribution in [1.82, 2.24) is 10.2 Å². The molecule has 0 aliphatic rings. The van der Waals surface area contributed by atoms with E-state index in [9.17, 15) is 0 Å². The van der Waals surface area contributed by atoms with E-state index in [0.717, 1.165) is 10.9 Å². The number of aromatic nitrogens is 2. The van der Waals surface area contributed by atoms with Crippen molar-refractivity contribution < 1.29 is 0 Å². The molecule has 21 heavy (non-hydrogen) atoms. The maximum atomic E-state index is 9.04. The van der Waals surface area contributed by atoms with Crippen LogP contribution >= 0.6 is 0 Å². The summed E-state index contributed by atoms with van der Waals surface area (Å²) in [6.07, 6.45) is 1.70. The molecule has 3 aromatic rings. The van der Waals surface area contributed by atoms with E-state index in [0.29, 0.717) is 28.2 Å². The third-order valence-corrected chi connectivity index (χ3v) is 3.15. The minimum atomic E-state index is 0.323. The fourth-order valence-electron chi connectivity index (χ4n) is 2.08. The van der Waals surface area contributed by atoms with E-state index in [1.807, 2.05) is 24.3 Å². The maximum absolute atomic E-state index is 9.04. The Morgan fingerprint density at radius 2 is 1.90 bits per heavy atom. The highest BCUT2D eigenvalue weighted by Crippen LogP contribution is 2.28. The number of rotatable bonds is 2. The quantitative estimate of drug-likeness (QED) is 0.621. The zero-order valence-electron chi connectivity index (χ0n) is 10.9. The summed E-state index contributed by atoms with van der Waals surface area (Å²) in [5.41, 5.74) is 9.51. The van der Waals surface area contributed by atoms with E-state index < -0.39 is 0 Å². The van der Waals surface area contributed by atoms with Gasteiger partial charge in [0.05, 0.1) is 34.2 Å². The van der Waals surface area contributed by atoms with Gasteiger partial charge in [0, 0.05) is 11.1 Å². The second-order valence-corrected chi connectivity index (χ2v) is 4.51. The van der Waals surface area contributed by atoms with E-state index in [1.165, 1.54) is 0 Å². The lowest BCUT2D eigenvalue weighted by molar-refractivity contribution is 1.12. The lowest BCUT2D eigenvalue weighted by atomic mass is 10.1. The van der Waals surface area contributed by atoms with Crippen molar-refractivity contribution in [3.63, 3.8) is 0 Å². The number of fused-ring (bicyclic) bond motifs is 1. The van der Waals surface area contributed by atoms with Crippen LogP contribution in [0.2, 0.25) is 0 Å². The zero-order chi connectivity index (χ0) is 14.8. The monoisotopic (exact) mass is 274 g/mol. The van der Waals surface area contributed by atoms with Gasteiger partial charge in [-0.25, -0.2) is 0 Å². The van der Waals surface area contributed by atoms with Crippen LogP contribution in [0.4, 0.5) is 17.1 Å². The number of nitrogen functional groups attached to an aromatic ring is 1. The Morgan fingerprint density at radius 3 is 2.67 bits per heavy atom. The summed E-state index contributed by atoms with van der Waals surface area (Å²) in [7, 11) is 0. The summed E-state index contributed by atoms with van der Waals surface area (Å²) >= 11 is 0. The largest absolute Gasteiger partial charge is 0.397 e. The number of nitrogens with one attached hydrogen (secondary N) is 2. The Balaban J connectivity index is 2.00. The average molecular weight is 274 g/mol. The van der Waals surface area contributed by atoms with E-state index in [4.69, 9.17) is 16.3 Å². The number of hydrogen-bond donors (Lipinski definition) is 3. The van der Waals surface area contributed by atoms with Crippen LogP contribution in [-0.2, 0) is 0 Å². The van der Waals surface area contributed by atoms with E-state index in [1.54, 1.807) is 24.4 Å². The van der Waals surface area contributed by atoms with Crippen molar-refractivity contribution in [1.29, 1.82) is 10.5 Å². The molecule has 0 radical (unpaired) electrons. The predicted octanol–water partition coefficient (Wildman–Crippen LogP) is 2.63. The van der Waals surface area contributed by atoms with Gasteiger partial charge in [0.15, 0.2) is 0 Å². The Morgan fingerprint density at radius 1 is 1.10 bits per heavy atom. The van der Waals surface area contributed by atoms with Crippen LogP contribution in [0, 0.1) is 22.7 Å². The summed E-state index contributed by atoms with van der Waals surface area (Å²) in [5, 5.41) is 28.9. The molecule has 0 saturated carbocycles. The molecule has 0 amide bonds. The van der Waals surface area contributed by atoms with Gasteiger partial charge in [0.1, 0.15) is 12.1 Å². The third-order valence-electron chi connectivity index (χ3n) is 3.15. The van der Waals surface area contributed by atoms with E-state index >= 15 is 0 Å². The second kappa shape index (κ2) is 4.87. The molecule has 0 fully saturated rings. The highest BCUT2D eigenvalue weighted by molar-refractivity contribution is 5.90. The molecule has 0 aliphatic carbocycles. The van der Waals surface area contributed by atoms with Crippen molar-refractivity contribution in [2.24, 2.45) is 0 Å². The minimum absolute atomic E-state index is 0.323. The molecular formula is C15H10N6. The standard InChI is InChI=1S/C15H10N6/c16-6-9-1-2-12(3-10(9)7-17)20-15-5-14-11(4-13(15)18)8-19-21-14/h1-5,8,20H,18H2,(H,19,21). The Bertz CT molecular complexity index is 910. The number of hydrogen-bond acceptors (Lipinski definition) is 5. The van der Waals surface area contributed by atoms with Crippen molar-refractivity contribution in [3.8, 4) is 12.1 Å². The fraction of sp³-hybridized carbons (Fsp3) is 0. The van der Waals surface area contributed by atoms with Crippen LogP contribution in [0.25, 0.3) is 10.9 Å². The topological polar surface area (TPSA) is 114 Å². The van der Waals surface area contributed by atoms with Crippen LogP contribution in [0.1, 0.15) is 11.1 Å². The van der Waals surface area contributed by atoms with Gasteiger partial charge >= 0.3 is 0 Å². The number of H-pyrrole nitrogens is 1. The molecule has 100 valence electrons. The third kappa shape index (κ3) is 2.22. The average Bonchev–Trinajstić information content (AvgIpc) is 2.94. The Kier molecular flexibility index (Phi) is 2.91. The van der Waals surface area contributed by atoms with Gasteiger partial charge in [0.25, 0.3) is 0 Å². The van der Waals surface area contributed by atoms with Gasteiger partial charge in [-0.2, -0.15) is 15.6 Å². The number of benzene rings is 2. The van der Waals surface area contributed by atoms with Gasteiger partial charge in [-0.15, -0.1) is 0 Å². The molecule has 2 aromatic carbocycles. The normalized spacial score (nSPS) is 10.0. The fourth-order valence-corrected chi connectivity index (χ4v) is 2.08. The molecule has 0 unspecified atom stereocenters. The summed E-state index contributed by atoms with van der Waals surface area (Å²) in [6.45, 7) is 0. The molecule has 6 nitrogen and oxygen atoms in total. The zero-order valence-corrected chi connectivity index (χ0v) is 10.9. The van der Waals surface area contributed by atoms with Crippen LogP contribution in [-0.4, -0.2) is 10.2 Å². The van der Waals surface area contributed by atoms with E-state index in [-0.39, 0.29) is 0 Å². The lowest BCUT2D eigenvalue weighted by Gasteiger charge is -2.10. The summed E-state index contributed by atoms with van der Waals surface area (Å²) in [6, 6.07) is 12.6. The van der Waals surface area contributed by atoms with Gasteiger partial charge in [-0.05, 0) is 30.3 Å². The maximum Gasteiger partial charge on any atom is 0.101 e. The van der Waals surface area contributed by atoms with Gasteiger partial charge in [0.2, 0.25) is 0 Å². The van der Waals surface area contributed by atoms with Crippen LogP contribution in [0.3, 0.4) is 0 Å². The first-order chi connectivity index (χ1) is 10.2. The number of anilines is 3. The smallest absolute Gasteiger partial charge is 0.101 e. The SMILES string of the molecule is N#Cc1ccc(Nc2cc3[nH]ncc3cc2N)cc1C#N. The molecule has 0 aliphatic heterocycles. The number of nitrogens with zero attached hydrogens (tertiary/aromatic N) is 3. The second-order valence-electron chi connectivity index (χ2n) is 4.51. The molecule has 1 aromatic heterocycles. The Labute approximate surface area is 120 Å². The lowest BCUT2D eigenvalue weighted by Crippen LogP contribution is -1.97. The van der Waals surface area contributed by atoms with Crippen LogP contribution in [0.5, 0.6) is 0 Å². The highest BCUT2D eigenvalue weighted by atomic mass is 15.1. The van der Waals surface area contributed by atoms with Crippen molar-refractivity contribution in [3.05, 3.63) is 47.7 Å². The predicted molar refractivity (Wildman–Crippen MR) is 79.7 cm³/mol. The van der Waals surface area contributed by atoms with Gasteiger partial charge < -0.3 is 11.1 Å². The molecule has 0 bridgehead atoms. The van der Waals surface area contributed by atoms with Crippen LogP contribution < -0.4 is 11.1 Å². The molecule has 4 N–H and O–H groups in total. The minimum Gasteiger partial charge on any atom is -0.397 e.